The van der Waals surface area contributed by atoms with Crippen LogP contribution in [0, 0.1) is 0 Å². The number of thiocarbonyl (C=S) groups is 1. The number of nitrogens with zero attached hydrogens (tertiary/aromatic N) is 2. The molecule has 0 saturated carbocycles. The molecule has 0 spiro atoms. The highest BCUT2D eigenvalue weighted by Crippen LogP contribution is 2.06. The van der Waals surface area contributed by atoms with Crippen molar-refractivity contribution < 1.29 is 14.6 Å². The van der Waals surface area contributed by atoms with Crippen molar-refractivity contribution in [2.75, 3.05) is 52.4 Å². The number of amides is 1. The maximum absolute atomic E-state index is 11.5. The Morgan fingerprint density at radius 1 is 1.18 bits per heavy atom. The molecule has 0 aromatic rings. The van der Waals surface area contributed by atoms with Gasteiger partial charge in [-0.25, -0.2) is 4.79 Å². The minimum atomic E-state index is -0.485. The first-order chi connectivity index (χ1) is 10.3. The van der Waals surface area contributed by atoms with E-state index in [1.807, 2.05) is 20.8 Å². The van der Waals surface area contributed by atoms with Crippen LogP contribution in [-0.4, -0.2) is 84.1 Å². The summed E-state index contributed by atoms with van der Waals surface area (Å²) < 4.78 is 5.15. The number of aliphatic hydroxyl groups is 1. The van der Waals surface area contributed by atoms with Crippen molar-refractivity contribution in [3.8, 4) is 0 Å². The summed E-state index contributed by atoms with van der Waals surface area (Å²) in [7, 11) is 0. The third kappa shape index (κ3) is 7.77. The molecule has 1 aliphatic heterocycles. The summed E-state index contributed by atoms with van der Waals surface area (Å²) in [5.74, 6) is 0. The van der Waals surface area contributed by atoms with Gasteiger partial charge in [-0.3, -0.25) is 4.90 Å². The Balaban J connectivity index is 2.13. The quantitative estimate of drug-likeness (QED) is 0.483. The Bertz CT molecular complexity index is 366. The van der Waals surface area contributed by atoms with E-state index < -0.39 is 11.7 Å². The van der Waals surface area contributed by atoms with E-state index in [0.717, 1.165) is 26.2 Å². The van der Waals surface area contributed by atoms with Crippen molar-refractivity contribution in [2.45, 2.75) is 26.4 Å². The molecule has 0 atom stereocenters. The highest BCUT2D eigenvalue weighted by Gasteiger charge is 2.18. The number of nitrogens with one attached hydrogen (secondary N) is 2. The van der Waals surface area contributed by atoms with Gasteiger partial charge in [-0.2, -0.15) is 0 Å². The van der Waals surface area contributed by atoms with Gasteiger partial charge in [-0.15, -0.1) is 0 Å². The molecule has 1 rings (SSSR count). The Hall–Kier alpha value is -1.12. The highest BCUT2D eigenvalue weighted by atomic mass is 32.1. The number of hydrogen-bond donors (Lipinski definition) is 3. The van der Waals surface area contributed by atoms with Crippen molar-refractivity contribution in [3.63, 3.8) is 0 Å². The number of rotatable bonds is 5. The van der Waals surface area contributed by atoms with Gasteiger partial charge < -0.3 is 25.4 Å². The molecule has 3 N–H and O–H groups in total. The molecule has 0 radical (unpaired) electrons. The minimum Gasteiger partial charge on any atom is -0.444 e. The Morgan fingerprint density at radius 2 is 1.77 bits per heavy atom. The van der Waals surface area contributed by atoms with E-state index in [9.17, 15) is 4.79 Å². The number of alkyl carbamates (subject to hydrolysis) is 1. The van der Waals surface area contributed by atoms with Gasteiger partial charge in [-0.05, 0) is 33.0 Å². The molecule has 22 heavy (non-hydrogen) atoms. The van der Waals surface area contributed by atoms with Gasteiger partial charge in [0, 0.05) is 45.8 Å². The average molecular weight is 332 g/mol. The summed E-state index contributed by atoms with van der Waals surface area (Å²) in [6.07, 6.45) is -0.419. The minimum absolute atomic E-state index is 0.193. The monoisotopic (exact) mass is 332 g/mol. The standard InChI is InChI=1S/C14H28N4O3S/c1-14(2,3)21-13(20)16-5-4-15-12(22)18-8-6-17(7-9-18)10-11-19/h19H,4-11H2,1-3H3,(H,15,22)(H,16,20). The number of piperazine rings is 1. The first-order valence-electron chi connectivity index (χ1n) is 7.64. The van der Waals surface area contributed by atoms with Crippen molar-refractivity contribution in [3.05, 3.63) is 0 Å². The lowest BCUT2D eigenvalue weighted by Crippen LogP contribution is -2.52. The smallest absolute Gasteiger partial charge is 0.407 e. The second kappa shape index (κ2) is 9.12. The van der Waals surface area contributed by atoms with Crippen LogP contribution in [0.2, 0.25) is 0 Å². The van der Waals surface area contributed by atoms with Crippen molar-refractivity contribution in [2.24, 2.45) is 0 Å². The summed E-state index contributed by atoms with van der Waals surface area (Å²) in [6, 6.07) is 0. The SMILES string of the molecule is CC(C)(C)OC(=O)NCCNC(=S)N1CCN(CCO)CC1. The van der Waals surface area contributed by atoms with Crippen LogP contribution in [0.5, 0.6) is 0 Å². The molecule has 0 aliphatic carbocycles. The number of ether oxygens (including phenoxy) is 1. The van der Waals surface area contributed by atoms with E-state index in [0.29, 0.717) is 24.7 Å². The number of carbonyl (C=O) groups is 1. The molecular weight excluding hydrogens is 304 g/mol. The van der Waals surface area contributed by atoms with Gasteiger partial charge in [-0.1, -0.05) is 0 Å². The van der Waals surface area contributed by atoms with Gasteiger partial charge >= 0.3 is 6.09 Å². The molecule has 1 heterocycles. The van der Waals surface area contributed by atoms with Crippen LogP contribution in [0.1, 0.15) is 20.8 Å². The lowest BCUT2D eigenvalue weighted by Gasteiger charge is -2.35. The van der Waals surface area contributed by atoms with Crippen LogP contribution in [-0.2, 0) is 4.74 Å². The first-order valence-corrected chi connectivity index (χ1v) is 8.05. The fourth-order valence-electron chi connectivity index (χ4n) is 2.08. The lowest BCUT2D eigenvalue weighted by atomic mass is 10.2. The zero-order valence-corrected chi connectivity index (χ0v) is 14.5. The van der Waals surface area contributed by atoms with Crippen LogP contribution in [0.25, 0.3) is 0 Å². The maximum atomic E-state index is 11.5. The summed E-state index contributed by atoms with van der Waals surface area (Å²) in [5.41, 5.74) is -0.485. The average Bonchev–Trinajstić information content (AvgIpc) is 2.42. The summed E-state index contributed by atoms with van der Waals surface area (Å²) in [5, 5.41) is 15.4. The molecule has 1 aliphatic rings. The molecule has 1 saturated heterocycles. The van der Waals surface area contributed by atoms with Crippen LogP contribution in [0.15, 0.2) is 0 Å². The van der Waals surface area contributed by atoms with Crippen LogP contribution < -0.4 is 10.6 Å². The molecule has 7 nitrogen and oxygen atoms in total. The van der Waals surface area contributed by atoms with Crippen molar-refractivity contribution in [1.29, 1.82) is 0 Å². The molecular formula is C14H28N4O3S. The first kappa shape index (κ1) is 18.9. The van der Waals surface area contributed by atoms with E-state index in [1.54, 1.807) is 0 Å². The Morgan fingerprint density at radius 3 is 2.32 bits per heavy atom. The predicted octanol–water partition coefficient (Wildman–Crippen LogP) is -0.00450. The fourth-order valence-corrected chi connectivity index (χ4v) is 2.36. The summed E-state index contributed by atoms with van der Waals surface area (Å²) in [6.45, 7) is 10.9. The highest BCUT2D eigenvalue weighted by molar-refractivity contribution is 7.80. The van der Waals surface area contributed by atoms with Gasteiger partial charge in [0.25, 0.3) is 0 Å². The third-order valence-electron chi connectivity index (χ3n) is 3.15. The zero-order chi connectivity index (χ0) is 16.6. The molecule has 0 aromatic carbocycles. The summed E-state index contributed by atoms with van der Waals surface area (Å²) in [4.78, 5) is 15.8. The molecule has 8 heteroatoms. The molecule has 0 aromatic heterocycles. The normalized spacial score (nSPS) is 16.3. The van der Waals surface area contributed by atoms with Gasteiger partial charge in [0.2, 0.25) is 0 Å². The number of β-amino-alcohol motifs (C(OH)–C–C–N with tert-alkyl or cyclic N) is 1. The molecule has 1 fully saturated rings. The van der Waals surface area contributed by atoms with Gasteiger partial charge in [0.1, 0.15) is 5.60 Å². The maximum Gasteiger partial charge on any atom is 0.407 e. The van der Waals surface area contributed by atoms with E-state index in [2.05, 4.69) is 20.4 Å². The van der Waals surface area contributed by atoms with Gasteiger partial charge in [0.15, 0.2) is 5.11 Å². The van der Waals surface area contributed by atoms with Gasteiger partial charge in [0.05, 0.1) is 6.61 Å². The largest absolute Gasteiger partial charge is 0.444 e. The number of aliphatic hydroxyl groups excluding tert-OH is 1. The Kier molecular flexibility index (Phi) is 7.84. The van der Waals surface area contributed by atoms with Crippen molar-refractivity contribution >= 4 is 23.4 Å². The van der Waals surface area contributed by atoms with E-state index in [1.165, 1.54) is 0 Å². The van der Waals surface area contributed by atoms with E-state index in [-0.39, 0.29) is 6.61 Å². The number of carbonyl (C=O) groups excluding carboxylic acids is 1. The predicted molar refractivity (Wildman–Crippen MR) is 89.9 cm³/mol. The van der Waals surface area contributed by atoms with Crippen LogP contribution in [0.3, 0.4) is 0 Å². The third-order valence-corrected chi connectivity index (χ3v) is 3.55. The second-order valence-electron chi connectivity index (χ2n) is 6.21. The zero-order valence-electron chi connectivity index (χ0n) is 13.7. The van der Waals surface area contributed by atoms with Crippen molar-refractivity contribution in [1.82, 2.24) is 20.4 Å². The summed E-state index contributed by atoms with van der Waals surface area (Å²) >= 11 is 5.35. The van der Waals surface area contributed by atoms with E-state index >= 15 is 0 Å². The molecule has 1 amide bonds. The fraction of sp³-hybridized carbons (Fsp3) is 0.857. The number of hydrogen-bond acceptors (Lipinski definition) is 5. The molecule has 0 unspecified atom stereocenters. The van der Waals surface area contributed by atoms with E-state index in [4.69, 9.17) is 22.1 Å². The van der Waals surface area contributed by atoms with Crippen LogP contribution in [0.4, 0.5) is 4.79 Å². The molecule has 128 valence electrons. The second-order valence-corrected chi connectivity index (χ2v) is 6.60. The molecule has 0 bridgehead atoms. The topological polar surface area (TPSA) is 77.1 Å². The van der Waals surface area contributed by atoms with Crippen LogP contribution >= 0.6 is 12.2 Å². The lowest BCUT2D eigenvalue weighted by molar-refractivity contribution is 0.0528. The Labute approximate surface area is 138 Å².